The van der Waals surface area contributed by atoms with E-state index >= 15 is 0 Å². The minimum atomic E-state index is -4.43. The van der Waals surface area contributed by atoms with Crippen LogP contribution in [0.3, 0.4) is 0 Å². The molecule has 0 amide bonds. The van der Waals surface area contributed by atoms with Crippen LogP contribution in [0.5, 0.6) is 5.75 Å². The molecule has 0 radical (unpaired) electrons. The van der Waals surface area contributed by atoms with E-state index in [0.717, 1.165) is 23.4 Å². The Kier molecular flexibility index (Phi) is 6.01. The molecule has 142 valence electrons. The Morgan fingerprint density at radius 3 is 2.41 bits per heavy atom. The monoisotopic (exact) mass is 409 g/mol. The van der Waals surface area contributed by atoms with Crippen LogP contribution in [0.15, 0.2) is 54.6 Å². The van der Waals surface area contributed by atoms with Crippen molar-refractivity contribution in [1.82, 2.24) is 0 Å². The first-order valence-corrected chi connectivity index (χ1v) is 10.3. The molecule has 27 heavy (non-hydrogen) atoms. The maximum absolute atomic E-state index is 13.1. The fraction of sp³-hybridized carbons (Fsp3) is 0.200. The number of rotatable bonds is 6. The lowest BCUT2D eigenvalue weighted by molar-refractivity contribution is -0.137. The molecule has 0 fully saturated rings. The zero-order chi connectivity index (χ0) is 19.4. The Morgan fingerprint density at radius 1 is 1.04 bits per heavy atom. The van der Waals surface area contributed by atoms with Gasteiger partial charge in [-0.15, -0.1) is 23.1 Å². The molecule has 2 aromatic carbocycles. The van der Waals surface area contributed by atoms with E-state index in [4.69, 9.17) is 0 Å². The molecule has 0 aliphatic rings. The Hall–Kier alpha value is -2.12. The van der Waals surface area contributed by atoms with E-state index in [9.17, 15) is 18.3 Å². The Bertz CT molecular complexity index is 907. The molecule has 7 heteroatoms. The van der Waals surface area contributed by atoms with Gasteiger partial charge in [-0.1, -0.05) is 49.4 Å². The van der Waals surface area contributed by atoms with E-state index in [1.807, 2.05) is 37.3 Å². The average molecular weight is 409 g/mol. The molecule has 0 aliphatic carbocycles. The first-order chi connectivity index (χ1) is 12.9. The van der Waals surface area contributed by atoms with Crippen molar-refractivity contribution >= 4 is 28.1 Å². The van der Waals surface area contributed by atoms with Gasteiger partial charge in [-0.25, -0.2) is 0 Å². The number of alkyl halides is 3. The van der Waals surface area contributed by atoms with Crippen molar-refractivity contribution in [3.05, 3.63) is 60.2 Å². The summed E-state index contributed by atoms with van der Waals surface area (Å²) in [5.74, 6) is 1.51. The van der Waals surface area contributed by atoms with Gasteiger partial charge in [-0.05, 0) is 29.0 Å². The van der Waals surface area contributed by atoms with Crippen LogP contribution in [-0.4, -0.2) is 16.7 Å². The first-order valence-electron chi connectivity index (χ1n) is 8.32. The number of hydrogen-bond donors (Lipinski definition) is 2. The molecule has 0 aliphatic heterocycles. The molecule has 3 aromatic rings. The smallest absolute Gasteiger partial charge is 0.416 e. The van der Waals surface area contributed by atoms with E-state index in [1.165, 1.54) is 17.4 Å². The topological polar surface area (TPSA) is 32.3 Å². The Balaban J connectivity index is 2.11. The van der Waals surface area contributed by atoms with Crippen LogP contribution in [0, 0.1) is 0 Å². The second-order valence-corrected chi connectivity index (χ2v) is 8.04. The lowest BCUT2D eigenvalue weighted by Gasteiger charge is -2.11. The summed E-state index contributed by atoms with van der Waals surface area (Å²) in [5.41, 5.74) is 0.830. The molecule has 0 saturated carbocycles. The SMILES string of the molecule is CCSCNc1sc(-c2ccccc2)c(O)c1-c1cccc(C(F)(F)F)c1. The highest BCUT2D eigenvalue weighted by molar-refractivity contribution is 7.99. The third-order valence-electron chi connectivity index (χ3n) is 3.94. The van der Waals surface area contributed by atoms with E-state index < -0.39 is 11.7 Å². The van der Waals surface area contributed by atoms with Crippen LogP contribution in [-0.2, 0) is 6.18 Å². The predicted molar refractivity (Wildman–Crippen MR) is 108 cm³/mol. The lowest BCUT2D eigenvalue weighted by Crippen LogP contribution is -2.04. The van der Waals surface area contributed by atoms with Gasteiger partial charge in [-0.3, -0.25) is 0 Å². The van der Waals surface area contributed by atoms with Gasteiger partial charge in [0.15, 0.2) is 0 Å². The molecular formula is C20H18F3NOS2. The van der Waals surface area contributed by atoms with Crippen LogP contribution in [0.2, 0.25) is 0 Å². The number of thiophene rings is 1. The van der Waals surface area contributed by atoms with Crippen molar-refractivity contribution in [2.24, 2.45) is 0 Å². The molecule has 2 N–H and O–H groups in total. The van der Waals surface area contributed by atoms with Crippen LogP contribution < -0.4 is 5.32 Å². The van der Waals surface area contributed by atoms with Crippen molar-refractivity contribution in [3.63, 3.8) is 0 Å². The van der Waals surface area contributed by atoms with E-state index in [-0.39, 0.29) is 5.75 Å². The quantitative estimate of drug-likeness (QED) is 0.342. The minimum absolute atomic E-state index is 0.00507. The third kappa shape index (κ3) is 4.42. The summed E-state index contributed by atoms with van der Waals surface area (Å²) in [5, 5.41) is 14.8. The summed E-state index contributed by atoms with van der Waals surface area (Å²) in [6, 6.07) is 14.4. The normalized spacial score (nSPS) is 11.6. The van der Waals surface area contributed by atoms with Crippen molar-refractivity contribution in [1.29, 1.82) is 0 Å². The summed E-state index contributed by atoms with van der Waals surface area (Å²) in [4.78, 5) is 0.631. The molecule has 3 rings (SSSR count). The highest BCUT2D eigenvalue weighted by Crippen LogP contribution is 2.50. The zero-order valence-electron chi connectivity index (χ0n) is 14.5. The molecule has 0 bridgehead atoms. The molecule has 1 heterocycles. The maximum atomic E-state index is 13.1. The van der Waals surface area contributed by atoms with E-state index in [0.29, 0.717) is 26.9 Å². The maximum Gasteiger partial charge on any atom is 0.416 e. The highest BCUT2D eigenvalue weighted by atomic mass is 32.2. The number of nitrogens with one attached hydrogen (secondary N) is 1. The second-order valence-electron chi connectivity index (χ2n) is 5.74. The number of benzene rings is 2. The standard InChI is InChI=1S/C20H18F3NOS2/c1-2-26-12-24-19-16(14-9-6-10-15(11-14)20(21,22)23)17(25)18(27-19)13-7-4-3-5-8-13/h3-11,24-25H,2,12H2,1H3. The van der Waals surface area contributed by atoms with Crippen molar-refractivity contribution < 1.29 is 18.3 Å². The summed E-state index contributed by atoms with van der Waals surface area (Å²) in [6.45, 7) is 2.03. The van der Waals surface area contributed by atoms with Gasteiger partial charge >= 0.3 is 6.18 Å². The molecule has 0 spiro atoms. The Labute approximate surface area is 164 Å². The molecule has 0 unspecified atom stereocenters. The Morgan fingerprint density at radius 2 is 1.74 bits per heavy atom. The van der Waals surface area contributed by atoms with E-state index in [2.05, 4.69) is 5.32 Å². The van der Waals surface area contributed by atoms with Gasteiger partial charge in [0, 0.05) is 0 Å². The predicted octanol–water partition coefficient (Wildman–Crippen LogP) is 6.93. The molecule has 0 atom stereocenters. The summed E-state index contributed by atoms with van der Waals surface area (Å²) in [6.07, 6.45) is -4.43. The van der Waals surface area contributed by atoms with E-state index in [1.54, 1.807) is 17.8 Å². The highest BCUT2D eigenvalue weighted by Gasteiger charge is 2.31. The number of halogens is 3. The zero-order valence-corrected chi connectivity index (χ0v) is 16.1. The van der Waals surface area contributed by atoms with Crippen LogP contribution in [0.4, 0.5) is 18.2 Å². The number of aromatic hydroxyl groups is 1. The fourth-order valence-electron chi connectivity index (χ4n) is 2.67. The fourth-order valence-corrected chi connectivity index (χ4v) is 4.33. The average Bonchev–Trinajstić information content (AvgIpc) is 2.98. The number of hydrogen-bond acceptors (Lipinski definition) is 4. The molecule has 0 saturated heterocycles. The van der Waals surface area contributed by atoms with Crippen LogP contribution >= 0.6 is 23.1 Å². The minimum Gasteiger partial charge on any atom is -0.506 e. The molecule has 2 nitrogen and oxygen atoms in total. The van der Waals surface area contributed by atoms with Crippen molar-refractivity contribution in [2.45, 2.75) is 13.1 Å². The van der Waals surface area contributed by atoms with Crippen molar-refractivity contribution in [2.75, 3.05) is 16.9 Å². The van der Waals surface area contributed by atoms with Gasteiger partial charge in [0.1, 0.15) is 10.8 Å². The number of anilines is 1. The molecule has 1 aromatic heterocycles. The lowest BCUT2D eigenvalue weighted by atomic mass is 10.0. The van der Waals surface area contributed by atoms with Gasteiger partial charge in [0.2, 0.25) is 0 Å². The van der Waals surface area contributed by atoms with Gasteiger partial charge < -0.3 is 10.4 Å². The number of thioether (sulfide) groups is 1. The summed E-state index contributed by atoms with van der Waals surface area (Å²) < 4.78 is 39.4. The van der Waals surface area contributed by atoms with Gasteiger partial charge in [0.05, 0.1) is 21.9 Å². The first kappa shape index (κ1) is 19.6. The largest absolute Gasteiger partial charge is 0.506 e. The molecular weight excluding hydrogens is 391 g/mol. The summed E-state index contributed by atoms with van der Waals surface area (Å²) in [7, 11) is 0. The second kappa shape index (κ2) is 8.27. The third-order valence-corrected chi connectivity index (χ3v) is 5.88. The van der Waals surface area contributed by atoms with Crippen LogP contribution in [0.1, 0.15) is 12.5 Å². The summed E-state index contributed by atoms with van der Waals surface area (Å²) >= 11 is 3.00. The van der Waals surface area contributed by atoms with Crippen molar-refractivity contribution in [3.8, 4) is 27.3 Å². The van der Waals surface area contributed by atoms with Crippen LogP contribution in [0.25, 0.3) is 21.6 Å². The van der Waals surface area contributed by atoms with Gasteiger partial charge in [-0.2, -0.15) is 13.2 Å². The van der Waals surface area contributed by atoms with Gasteiger partial charge in [0.25, 0.3) is 0 Å².